The van der Waals surface area contributed by atoms with E-state index < -0.39 is 8.32 Å². The smallest absolute Gasteiger partial charge is 0.192 e. The molecule has 0 aromatic rings. The summed E-state index contributed by atoms with van der Waals surface area (Å²) in [7, 11) is -1.62. The van der Waals surface area contributed by atoms with E-state index in [9.17, 15) is 0 Å². The van der Waals surface area contributed by atoms with Gasteiger partial charge < -0.3 is 14.3 Å². The topological polar surface area (TPSA) is 42.0 Å². The number of rotatable bonds is 6. The molecule has 1 aliphatic rings. The molecule has 0 aromatic carbocycles. The van der Waals surface area contributed by atoms with Crippen LogP contribution in [0.25, 0.3) is 0 Å². The molecule has 0 amide bonds. The Morgan fingerprint density at radius 1 is 1.25 bits per heavy atom. The van der Waals surface area contributed by atoms with Crippen molar-refractivity contribution in [2.75, 3.05) is 13.2 Å². The Morgan fingerprint density at radius 3 is 2.38 bits per heavy atom. The summed E-state index contributed by atoms with van der Waals surface area (Å²) in [6, 6.07) is 0. The van der Waals surface area contributed by atoms with Crippen molar-refractivity contribution in [3.63, 3.8) is 0 Å². The zero-order valence-electron chi connectivity index (χ0n) is 11.2. The van der Waals surface area contributed by atoms with Gasteiger partial charge in [0.05, 0.1) is 12.7 Å². The molecule has 0 spiro atoms. The van der Waals surface area contributed by atoms with Gasteiger partial charge in [-0.2, -0.15) is 0 Å². The van der Waals surface area contributed by atoms with Crippen LogP contribution in [0.5, 0.6) is 0 Å². The molecule has 0 aromatic heterocycles. The molecule has 1 aliphatic heterocycles. The molecule has 1 rings (SSSR count). The summed E-state index contributed by atoms with van der Waals surface area (Å²) in [4.78, 5) is 0. The van der Waals surface area contributed by atoms with Gasteiger partial charge in [0.1, 0.15) is 6.10 Å². The average Bonchev–Trinajstić information content (AvgIpc) is 2.88. The van der Waals surface area contributed by atoms with Gasteiger partial charge in [0.15, 0.2) is 8.32 Å². The van der Waals surface area contributed by atoms with Crippen molar-refractivity contribution in [2.24, 2.45) is 0 Å². The fourth-order valence-corrected chi connectivity index (χ4v) is 2.39. The van der Waals surface area contributed by atoms with Gasteiger partial charge in [0, 0.05) is 6.61 Å². The zero-order valence-corrected chi connectivity index (χ0v) is 12.2. The predicted octanol–water partition coefficient (Wildman–Crippen LogP) is 2.55. The van der Waals surface area contributed by atoms with Gasteiger partial charge in [-0.25, -0.2) is 0 Å². The van der Waals surface area contributed by atoms with E-state index in [-0.39, 0.29) is 17.7 Å². The Balaban J connectivity index is 2.22. The van der Waals surface area contributed by atoms with Crippen molar-refractivity contribution in [1.29, 1.82) is 0 Å². The minimum atomic E-state index is -1.62. The fraction of sp³-hybridized carbons (Fsp3) is 1.00. The molecule has 16 heavy (non-hydrogen) atoms. The lowest BCUT2D eigenvalue weighted by Gasteiger charge is -2.36. The Hall–Kier alpha value is 0.0969. The summed E-state index contributed by atoms with van der Waals surface area (Å²) in [6.45, 7) is 12.3. The summed E-state index contributed by atoms with van der Waals surface area (Å²) in [6.07, 6.45) is 2.40. The molecule has 0 saturated carbocycles. The molecule has 4 heteroatoms. The summed E-state index contributed by atoms with van der Waals surface area (Å²) < 4.78 is 11.6. The number of hydrogen-bond donors (Lipinski definition) is 1. The van der Waals surface area contributed by atoms with E-state index in [4.69, 9.17) is 14.3 Å². The van der Waals surface area contributed by atoms with Crippen LogP contribution in [0.1, 0.15) is 33.6 Å². The van der Waals surface area contributed by atoms with Crippen LogP contribution in [-0.4, -0.2) is 38.8 Å². The summed E-state index contributed by atoms with van der Waals surface area (Å²) >= 11 is 0. The molecule has 3 nitrogen and oxygen atoms in total. The quantitative estimate of drug-likeness (QED) is 0.578. The minimum absolute atomic E-state index is 0.260. The third-order valence-electron chi connectivity index (χ3n) is 3.75. The maximum absolute atomic E-state index is 8.72. The monoisotopic (exact) mass is 246 g/mol. The Bertz CT molecular complexity index is 223. The molecule has 0 unspecified atom stereocenters. The molecular formula is C12H26O3Si. The number of aliphatic hydroxyl groups excluding tert-OH is 1. The van der Waals surface area contributed by atoms with Gasteiger partial charge >= 0.3 is 0 Å². The second-order valence-electron chi connectivity index (χ2n) is 6.15. The van der Waals surface area contributed by atoms with Gasteiger partial charge in [0.25, 0.3) is 0 Å². The van der Waals surface area contributed by atoms with Gasteiger partial charge in [-0.15, -0.1) is 0 Å². The van der Waals surface area contributed by atoms with Gasteiger partial charge in [0.2, 0.25) is 0 Å². The first kappa shape index (κ1) is 14.2. The highest BCUT2D eigenvalue weighted by Crippen LogP contribution is 2.38. The molecule has 1 fully saturated rings. The Kier molecular flexibility index (Phi) is 4.57. The summed E-state index contributed by atoms with van der Waals surface area (Å²) in [5.74, 6) is 0. The van der Waals surface area contributed by atoms with Gasteiger partial charge in [-0.3, -0.25) is 0 Å². The molecular weight excluding hydrogens is 220 g/mol. The van der Waals surface area contributed by atoms with Crippen molar-refractivity contribution >= 4 is 8.32 Å². The molecule has 0 radical (unpaired) electrons. The lowest BCUT2D eigenvalue weighted by molar-refractivity contribution is 0.239. The van der Waals surface area contributed by atoms with E-state index >= 15 is 0 Å². The van der Waals surface area contributed by atoms with E-state index in [0.717, 1.165) is 19.4 Å². The highest BCUT2D eigenvalue weighted by atomic mass is 28.4. The molecule has 96 valence electrons. The second-order valence-corrected chi connectivity index (χ2v) is 11.0. The highest BCUT2D eigenvalue weighted by Gasteiger charge is 2.42. The van der Waals surface area contributed by atoms with E-state index in [1.807, 2.05) is 0 Å². The lowest BCUT2D eigenvalue weighted by Crippen LogP contribution is -2.41. The van der Waals surface area contributed by atoms with Crippen molar-refractivity contribution < 1.29 is 14.3 Å². The first-order valence-electron chi connectivity index (χ1n) is 6.18. The van der Waals surface area contributed by atoms with Crippen LogP contribution in [0.4, 0.5) is 0 Å². The van der Waals surface area contributed by atoms with Crippen LogP contribution in [0.3, 0.4) is 0 Å². The SMILES string of the molecule is CC(C)(C)[Si](C)(C)OC[C@H]1O[C@@H]1CCCO. The van der Waals surface area contributed by atoms with E-state index in [1.165, 1.54) is 0 Å². The zero-order chi connectivity index (χ0) is 12.4. The second kappa shape index (κ2) is 5.17. The maximum atomic E-state index is 8.72. The summed E-state index contributed by atoms with van der Waals surface area (Å²) in [5.41, 5.74) is 0. The normalized spacial score (nSPS) is 25.9. The van der Waals surface area contributed by atoms with Crippen LogP contribution in [-0.2, 0) is 9.16 Å². The molecule has 1 N–H and O–H groups in total. The molecule has 2 atom stereocenters. The predicted molar refractivity (Wildman–Crippen MR) is 68.1 cm³/mol. The number of ether oxygens (including phenoxy) is 1. The average molecular weight is 246 g/mol. The number of hydrogen-bond acceptors (Lipinski definition) is 3. The van der Waals surface area contributed by atoms with Crippen LogP contribution in [0.2, 0.25) is 18.1 Å². The van der Waals surface area contributed by atoms with E-state index in [1.54, 1.807) is 0 Å². The first-order chi connectivity index (χ1) is 7.28. The molecule has 0 bridgehead atoms. The van der Waals surface area contributed by atoms with Crippen molar-refractivity contribution in [2.45, 2.75) is 64.0 Å². The standard InChI is InChI=1S/C12H26O3Si/c1-12(2,3)16(4,5)14-9-11-10(15-11)7-6-8-13/h10-11,13H,6-9H2,1-5H3/t10-,11-/m1/s1. The third kappa shape index (κ3) is 3.84. The maximum Gasteiger partial charge on any atom is 0.192 e. The van der Waals surface area contributed by atoms with Crippen LogP contribution < -0.4 is 0 Å². The van der Waals surface area contributed by atoms with E-state index in [2.05, 4.69) is 33.9 Å². The lowest BCUT2D eigenvalue weighted by atomic mass is 10.2. The Labute approximate surface area is 100 Å². The number of aliphatic hydroxyl groups is 1. The third-order valence-corrected chi connectivity index (χ3v) is 8.25. The summed E-state index contributed by atoms with van der Waals surface area (Å²) in [5, 5.41) is 8.98. The fourth-order valence-electron chi connectivity index (χ4n) is 1.38. The molecule has 1 saturated heterocycles. The van der Waals surface area contributed by atoms with Crippen molar-refractivity contribution in [3.05, 3.63) is 0 Å². The van der Waals surface area contributed by atoms with Crippen LogP contribution >= 0.6 is 0 Å². The van der Waals surface area contributed by atoms with Crippen molar-refractivity contribution in [1.82, 2.24) is 0 Å². The van der Waals surface area contributed by atoms with Gasteiger partial charge in [-0.1, -0.05) is 20.8 Å². The molecule has 1 heterocycles. The Morgan fingerprint density at radius 2 is 1.88 bits per heavy atom. The number of epoxide rings is 1. The van der Waals surface area contributed by atoms with Crippen molar-refractivity contribution in [3.8, 4) is 0 Å². The first-order valence-corrected chi connectivity index (χ1v) is 9.09. The largest absolute Gasteiger partial charge is 0.414 e. The van der Waals surface area contributed by atoms with Crippen LogP contribution in [0, 0.1) is 0 Å². The molecule has 0 aliphatic carbocycles. The van der Waals surface area contributed by atoms with Crippen LogP contribution in [0.15, 0.2) is 0 Å². The van der Waals surface area contributed by atoms with Gasteiger partial charge in [-0.05, 0) is 31.0 Å². The minimum Gasteiger partial charge on any atom is -0.414 e. The van der Waals surface area contributed by atoms with E-state index in [0.29, 0.717) is 6.10 Å². The highest BCUT2D eigenvalue weighted by molar-refractivity contribution is 6.74.